The highest BCUT2D eigenvalue weighted by atomic mass is 19.4. The van der Waals surface area contributed by atoms with Gasteiger partial charge in [-0.2, -0.15) is 13.2 Å². The van der Waals surface area contributed by atoms with Gasteiger partial charge in [0.2, 0.25) is 5.60 Å². The molecule has 2 unspecified atom stereocenters. The van der Waals surface area contributed by atoms with Gasteiger partial charge in [-0.05, 0) is 25.1 Å². The van der Waals surface area contributed by atoms with Crippen LogP contribution >= 0.6 is 0 Å². The van der Waals surface area contributed by atoms with Crippen molar-refractivity contribution >= 4 is 6.29 Å². The van der Waals surface area contributed by atoms with Gasteiger partial charge in [-0.1, -0.05) is 0 Å². The van der Waals surface area contributed by atoms with Gasteiger partial charge in [0, 0.05) is 12.0 Å². The molecule has 1 heterocycles. The van der Waals surface area contributed by atoms with Crippen molar-refractivity contribution in [1.29, 1.82) is 0 Å². The van der Waals surface area contributed by atoms with Crippen LogP contribution in [0.3, 0.4) is 0 Å². The lowest BCUT2D eigenvalue weighted by molar-refractivity contribution is -0.259. The molecule has 104 valence electrons. The number of carbonyl (C=O) groups is 1. The van der Waals surface area contributed by atoms with Crippen LogP contribution in [0.1, 0.15) is 18.9 Å². The number of fused-ring (bicyclic) bond motifs is 1. The summed E-state index contributed by atoms with van der Waals surface area (Å²) < 4.78 is 56.1. The van der Waals surface area contributed by atoms with Crippen molar-refractivity contribution in [2.75, 3.05) is 0 Å². The Morgan fingerprint density at radius 1 is 1.42 bits per heavy atom. The van der Waals surface area contributed by atoms with E-state index >= 15 is 0 Å². The molecule has 0 amide bonds. The molecule has 0 fully saturated rings. The van der Waals surface area contributed by atoms with E-state index < -0.39 is 35.9 Å². The largest absolute Gasteiger partial charge is 0.482 e. The highest BCUT2D eigenvalue weighted by Gasteiger charge is 2.60. The van der Waals surface area contributed by atoms with Crippen LogP contribution in [0.15, 0.2) is 18.2 Å². The summed E-state index contributed by atoms with van der Waals surface area (Å²) >= 11 is 0. The van der Waals surface area contributed by atoms with Gasteiger partial charge >= 0.3 is 6.18 Å². The summed E-state index contributed by atoms with van der Waals surface area (Å²) in [6.45, 7) is 1.26. The summed E-state index contributed by atoms with van der Waals surface area (Å²) in [5.74, 6) is -0.394. The van der Waals surface area contributed by atoms with Crippen molar-refractivity contribution in [2.45, 2.75) is 30.7 Å². The molecule has 0 radical (unpaired) electrons. The van der Waals surface area contributed by atoms with E-state index in [-0.39, 0.29) is 11.3 Å². The predicted octanol–water partition coefficient (Wildman–Crippen LogP) is 2.32. The Kier molecular flexibility index (Phi) is 2.85. The maximum atomic E-state index is 13.1. The fraction of sp³-hybridized carbons (Fsp3) is 0.417. The molecule has 0 spiro atoms. The first-order valence-corrected chi connectivity index (χ1v) is 5.36. The van der Waals surface area contributed by atoms with Gasteiger partial charge in [0.05, 0.1) is 0 Å². The maximum absolute atomic E-state index is 13.1. The summed E-state index contributed by atoms with van der Waals surface area (Å²) in [4.78, 5) is 10.6. The zero-order valence-electron chi connectivity index (χ0n) is 9.79. The van der Waals surface area contributed by atoms with Crippen LogP contribution in [0.25, 0.3) is 0 Å². The molecule has 7 heteroatoms. The molecular weight excluding hydrogens is 268 g/mol. The molecule has 3 nitrogen and oxygen atoms in total. The molecule has 1 aliphatic rings. The number of aliphatic hydroxyl groups is 1. The van der Waals surface area contributed by atoms with E-state index in [0.29, 0.717) is 0 Å². The van der Waals surface area contributed by atoms with Gasteiger partial charge in [0.25, 0.3) is 0 Å². The van der Waals surface area contributed by atoms with Gasteiger partial charge in [-0.15, -0.1) is 0 Å². The second kappa shape index (κ2) is 3.93. The van der Waals surface area contributed by atoms with E-state index in [1.165, 1.54) is 13.0 Å². The minimum atomic E-state index is -5.12. The standard InChI is InChI=1S/C12H10F4O3/c1-10(5-11(18,6-17)12(14,15)16)8-4-7(13)2-3-9(8)19-10/h2-4,6,18H,5H2,1H3. The fourth-order valence-electron chi connectivity index (χ4n) is 2.11. The number of rotatable bonds is 3. The number of carbonyl (C=O) groups excluding carboxylic acids is 1. The first kappa shape index (κ1) is 13.8. The van der Waals surface area contributed by atoms with Crippen LogP contribution in [0, 0.1) is 5.82 Å². The number of halogens is 4. The zero-order chi connectivity index (χ0) is 14.5. The second-order valence-corrected chi connectivity index (χ2v) is 4.69. The third kappa shape index (κ3) is 2.07. The third-order valence-electron chi connectivity index (χ3n) is 3.14. The van der Waals surface area contributed by atoms with E-state index in [2.05, 4.69) is 0 Å². The molecule has 0 aromatic heterocycles. The summed E-state index contributed by atoms with van der Waals surface area (Å²) in [5.41, 5.74) is -4.88. The van der Waals surface area contributed by atoms with E-state index in [9.17, 15) is 27.5 Å². The molecule has 0 aliphatic carbocycles. The highest BCUT2D eigenvalue weighted by molar-refractivity contribution is 5.64. The minimum absolute atomic E-state index is 0.192. The molecule has 1 N–H and O–H groups in total. The Morgan fingerprint density at radius 3 is 2.58 bits per heavy atom. The molecule has 1 aromatic carbocycles. The van der Waals surface area contributed by atoms with Crippen LogP contribution < -0.4 is 4.74 Å². The lowest BCUT2D eigenvalue weighted by atomic mass is 9.79. The summed E-state index contributed by atoms with van der Waals surface area (Å²) in [6, 6.07) is 3.41. The topological polar surface area (TPSA) is 46.5 Å². The van der Waals surface area contributed by atoms with Crippen molar-refractivity contribution in [3.8, 4) is 5.75 Å². The average molecular weight is 278 g/mol. The molecular formula is C12H10F4O3. The Balaban J connectivity index is 2.32. The highest BCUT2D eigenvalue weighted by Crippen LogP contribution is 2.50. The molecule has 1 aromatic rings. The van der Waals surface area contributed by atoms with Crippen molar-refractivity contribution in [3.05, 3.63) is 29.6 Å². The molecule has 2 atom stereocenters. The van der Waals surface area contributed by atoms with Crippen LogP contribution in [0.5, 0.6) is 5.75 Å². The lowest BCUT2D eigenvalue weighted by Gasteiger charge is -2.44. The van der Waals surface area contributed by atoms with Gasteiger partial charge in [0.1, 0.15) is 17.2 Å². The van der Waals surface area contributed by atoms with Crippen molar-refractivity contribution in [2.24, 2.45) is 0 Å². The van der Waals surface area contributed by atoms with Gasteiger partial charge < -0.3 is 9.84 Å². The third-order valence-corrected chi connectivity index (χ3v) is 3.14. The van der Waals surface area contributed by atoms with Gasteiger partial charge in [0.15, 0.2) is 6.29 Å². The van der Waals surface area contributed by atoms with Crippen LogP contribution in [-0.2, 0) is 10.4 Å². The zero-order valence-corrected chi connectivity index (χ0v) is 9.79. The van der Waals surface area contributed by atoms with Crippen LogP contribution in [-0.4, -0.2) is 23.2 Å². The minimum Gasteiger partial charge on any atom is -0.482 e. The second-order valence-electron chi connectivity index (χ2n) is 4.69. The molecule has 0 bridgehead atoms. The summed E-state index contributed by atoms with van der Waals surface area (Å²) in [6.07, 6.45) is -6.72. The van der Waals surface area contributed by atoms with Crippen LogP contribution in [0.4, 0.5) is 17.6 Å². The van der Waals surface area contributed by atoms with Crippen LogP contribution in [0.2, 0.25) is 0 Å². The van der Waals surface area contributed by atoms with Gasteiger partial charge in [-0.25, -0.2) is 4.39 Å². The Hall–Kier alpha value is -1.63. The van der Waals surface area contributed by atoms with E-state index in [1.807, 2.05) is 0 Å². The first-order valence-electron chi connectivity index (χ1n) is 5.36. The predicted molar refractivity (Wildman–Crippen MR) is 56.1 cm³/mol. The van der Waals surface area contributed by atoms with E-state index in [1.54, 1.807) is 0 Å². The average Bonchev–Trinajstić information content (AvgIpc) is 2.29. The van der Waals surface area contributed by atoms with Crippen molar-refractivity contribution in [3.63, 3.8) is 0 Å². The normalized spacial score (nSPS) is 24.7. The fourth-order valence-corrected chi connectivity index (χ4v) is 2.11. The van der Waals surface area contributed by atoms with Crippen molar-refractivity contribution < 1.29 is 32.2 Å². The molecule has 0 saturated carbocycles. The molecule has 0 saturated heterocycles. The first-order chi connectivity index (χ1) is 8.61. The smallest absolute Gasteiger partial charge is 0.424 e. The molecule has 1 aliphatic heterocycles. The number of hydrogen-bond acceptors (Lipinski definition) is 3. The number of benzene rings is 1. The monoisotopic (exact) mass is 278 g/mol. The van der Waals surface area contributed by atoms with Crippen molar-refractivity contribution in [1.82, 2.24) is 0 Å². The lowest BCUT2D eigenvalue weighted by Crippen LogP contribution is -2.54. The number of aldehydes is 1. The van der Waals surface area contributed by atoms with E-state index in [0.717, 1.165) is 12.1 Å². The summed E-state index contributed by atoms with van der Waals surface area (Å²) in [7, 11) is 0. The SMILES string of the molecule is CC1(CC(O)(C=O)C(F)(F)F)Oc2ccc(F)cc21. The quantitative estimate of drug-likeness (QED) is 0.681. The number of alkyl halides is 3. The summed E-state index contributed by atoms with van der Waals surface area (Å²) in [5, 5.41) is 9.39. The molecule has 2 rings (SSSR count). The van der Waals surface area contributed by atoms with Gasteiger partial charge in [-0.3, -0.25) is 4.79 Å². The number of ether oxygens (including phenoxy) is 1. The van der Waals surface area contributed by atoms with E-state index in [4.69, 9.17) is 4.74 Å². The Morgan fingerprint density at radius 2 is 2.05 bits per heavy atom. The number of hydrogen-bond donors (Lipinski definition) is 1. The maximum Gasteiger partial charge on any atom is 0.424 e. The Bertz CT molecular complexity index is 528. The molecule has 19 heavy (non-hydrogen) atoms. The Labute approximate surface area is 105 Å².